The highest BCUT2D eigenvalue weighted by molar-refractivity contribution is 6.37. The Morgan fingerprint density at radius 2 is 1.95 bits per heavy atom. The Bertz CT molecular complexity index is 393. The number of carbonyl (C=O) groups excluding carboxylic acids is 1. The molecule has 4 nitrogen and oxygen atoms in total. The Hall–Kier alpha value is -0.970. The molecule has 1 aromatic rings. The minimum absolute atomic E-state index is 0.204. The van der Waals surface area contributed by atoms with Gasteiger partial charge in [0.1, 0.15) is 6.61 Å². The monoisotopic (exact) mass is 305 g/mol. The molecule has 19 heavy (non-hydrogen) atoms. The van der Waals surface area contributed by atoms with Gasteiger partial charge in [-0.05, 0) is 19.1 Å². The van der Waals surface area contributed by atoms with E-state index in [0.29, 0.717) is 48.5 Å². The lowest BCUT2D eigenvalue weighted by Gasteiger charge is -2.10. The smallest absolute Gasteiger partial charge is 0.307 e. The van der Waals surface area contributed by atoms with Crippen molar-refractivity contribution >= 4 is 29.2 Å². The van der Waals surface area contributed by atoms with Crippen LogP contribution in [0.4, 0.5) is 0 Å². The zero-order valence-electron chi connectivity index (χ0n) is 10.7. The molecule has 0 saturated carbocycles. The summed E-state index contributed by atoms with van der Waals surface area (Å²) in [7, 11) is 0. The fourth-order valence-electron chi connectivity index (χ4n) is 1.39. The third-order valence-electron chi connectivity index (χ3n) is 2.26. The maximum atomic E-state index is 11.1. The maximum absolute atomic E-state index is 11.1. The molecular formula is C13H17Cl2NO3. The van der Waals surface area contributed by atoms with Gasteiger partial charge in [-0.2, -0.15) is 0 Å². The van der Waals surface area contributed by atoms with Gasteiger partial charge in [0, 0.05) is 13.1 Å². The van der Waals surface area contributed by atoms with E-state index in [1.54, 1.807) is 25.1 Å². The van der Waals surface area contributed by atoms with Crippen molar-refractivity contribution in [3.63, 3.8) is 0 Å². The van der Waals surface area contributed by atoms with Crippen molar-refractivity contribution in [2.24, 2.45) is 0 Å². The van der Waals surface area contributed by atoms with Gasteiger partial charge in [-0.25, -0.2) is 0 Å². The summed E-state index contributed by atoms with van der Waals surface area (Å²) in [5.41, 5.74) is 0. The van der Waals surface area contributed by atoms with E-state index in [-0.39, 0.29) is 5.97 Å². The minimum atomic E-state index is -0.204. The molecule has 0 aromatic heterocycles. The molecular weight excluding hydrogens is 289 g/mol. The van der Waals surface area contributed by atoms with Crippen molar-refractivity contribution in [2.45, 2.75) is 13.3 Å². The van der Waals surface area contributed by atoms with Gasteiger partial charge in [-0.3, -0.25) is 4.79 Å². The molecule has 0 saturated heterocycles. The van der Waals surface area contributed by atoms with Crippen molar-refractivity contribution in [2.75, 3.05) is 26.3 Å². The van der Waals surface area contributed by atoms with Crippen LogP contribution in [0.5, 0.6) is 5.75 Å². The summed E-state index contributed by atoms with van der Waals surface area (Å²) in [6.07, 6.45) is 0.348. The molecule has 0 radical (unpaired) electrons. The number of nitrogens with one attached hydrogen (secondary N) is 1. The number of para-hydroxylation sites is 1. The van der Waals surface area contributed by atoms with Crippen LogP contribution in [0.2, 0.25) is 10.0 Å². The van der Waals surface area contributed by atoms with E-state index in [1.165, 1.54) is 0 Å². The first kappa shape index (κ1) is 16.1. The lowest BCUT2D eigenvalue weighted by molar-refractivity contribution is -0.142. The number of hydrogen-bond donors (Lipinski definition) is 1. The molecule has 0 bridgehead atoms. The quantitative estimate of drug-likeness (QED) is 0.592. The Morgan fingerprint density at radius 3 is 2.58 bits per heavy atom. The second kappa shape index (κ2) is 9.02. The van der Waals surface area contributed by atoms with Crippen molar-refractivity contribution in [1.29, 1.82) is 0 Å². The SMILES string of the molecule is CCOC(=O)CCNCCOc1c(Cl)cccc1Cl. The summed E-state index contributed by atoms with van der Waals surface area (Å²) < 4.78 is 10.3. The van der Waals surface area contributed by atoms with Crippen LogP contribution in [0.3, 0.4) is 0 Å². The zero-order chi connectivity index (χ0) is 14.1. The second-order valence-electron chi connectivity index (χ2n) is 3.70. The third kappa shape index (κ3) is 6.14. The highest BCUT2D eigenvalue weighted by atomic mass is 35.5. The van der Waals surface area contributed by atoms with Gasteiger partial charge in [0.15, 0.2) is 5.75 Å². The van der Waals surface area contributed by atoms with Crippen LogP contribution in [0.1, 0.15) is 13.3 Å². The lowest BCUT2D eigenvalue weighted by atomic mass is 10.3. The van der Waals surface area contributed by atoms with Gasteiger partial charge in [0.25, 0.3) is 0 Å². The second-order valence-corrected chi connectivity index (χ2v) is 4.52. The van der Waals surface area contributed by atoms with Gasteiger partial charge < -0.3 is 14.8 Å². The van der Waals surface area contributed by atoms with Crippen molar-refractivity contribution in [3.8, 4) is 5.75 Å². The van der Waals surface area contributed by atoms with Crippen LogP contribution in [0.15, 0.2) is 18.2 Å². The molecule has 0 aliphatic rings. The van der Waals surface area contributed by atoms with E-state index in [2.05, 4.69) is 5.32 Å². The molecule has 0 spiro atoms. The average Bonchev–Trinajstić information content (AvgIpc) is 2.36. The van der Waals surface area contributed by atoms with E-state index in [1.807, 2.05) is 0 Å². The van der Waals surface area contributed by atoms with Gasteiger partial charge >= 0.3 is 5.97 Å². The molecule has 0 amide bonds. The maximum Gasteiger partial charge on any atom is 0.307 e. The van der Waals surface area contributed by atoms with Crippen molar-refractivity contribution < 1.29 is 14.3 Å². The van der Waals surface area contributed by atoms with Crippen LogP contribution < -0.4 is 10.1 Å². The molecule has 0 unspecified atom stereocenters. The molecule has 1 aromatic carbocycles. The number of carbonyl (C=O) groups is 1. The van der Waals surface area contributed by atoms with Crippen molar-refractivity contribution in [1.82, 2.24) is 5.32 Å². The van der Waals surface area contributed by atoms with Crippen LogP contribution >= 0.6 is 23.2 Å². The van der Waals surface area contributed by atoms with Crippen LogP contribution in [0.25, 0.3) is 0 Å². The summed E-state index contributed by atoms with van der Waals surface area (Å²) in [6, 6.07) is 5.20. The molecule has 0 atom stereocenters. The van der Waals surface area contributed by atoms with E-state index in [0.717, 1.165) is 0 Å². The van der Waals surface area contributed by atoms with Gasteiger partial charge in [-0.1, -0.05) is 29.3 Å². The summed E-state index contributed by atoms with van der Waals surface area (Å²) in [5.74, 6) is 0.281. The predicted octanol–water partition coefficient (Wildman–Crippen LogP) is 2.92. The minimum Gasteiger partial charge on any atom is -0.489 e. The highest BCUT2D eigenvalue weighted by Crippen LogP contribution is 2.32. The van der Waals surface area contributed by atoms with E-state index >= 15 is 0 Å². The number of esters is 1. The van der Waals surface area contributed by atoms with E-state index in [9.17, 15) is 4.79 Å². The Labute approximate surface area is 123 Å². The standard InChI is InChI=1S/C13H17Cl2NO3/c1-2-18-12(17)6-7-16-8-9-19-13-10(14)4-3-5-11(13)15/h3-5,16H,2,6-9H2,1H3. The number of hydrogen-bond acceptors (Lipinski definition) is 4. The Morgan fingerprint density at radius 1 is 1.26 bits per heavy atom. The number of rotatable bonds is 8. The molecule has 0 aliphatic carbocycles. The molecule has 0 fully saturated rings. The first-order valence-electron chi connectivity index (χ1n) is 6.08. The molecule has 1 N–H and O–H groups in total. The van der Waals surface area contributed by atoms with Crippen molar-refractivity contribution in [3.05, 3.63) is 28.2 Å². The summed E-state index contributed by atoms with van der Waals surface area (Å²) in [4.78, 5) is 11.1. The fraction of sp³-hybridized carbons (Fsp3) is 0.462. The van der Waals surface area contributed by atoms with Crippen LogP contribution in [-0.2, 0) is 9.53 Å². The predicted molar refractivity (Wildman–Crippen MR) is 76.1 cm³/mol. The topological polar surface area (TPSA) is 47.6 Å². The van der Waals surface area contributed by atoms with E-state index < -0.39 is 0 Å². The Balaban J connectivity index is 2.16. The van der Waals surface area contributed by atoms with Gasteiger partial charge in [-0.15, -0.1) is 0 Å². The summed E-state index contributed by atoms with van der Waals surface area (Å²) in [6.45, 7) is 3.77. The first-order chi connectivity index (χ1) is 9.15. The summed E-state index contributed by atoms with van der Waals surface area (Å²) in [5, 5.41) is 4.04. The average molecular weight is 306 g/mol. The molecule has 106 valence electrons. The number of halogens is 2. The molecule has 1 rings (SSSR count). The van der Waals surface area contributed by atoms with Crippen LogP contribution in [-0.4, -0.2) is 32.3 Å². The zero-order valence-corrected chi connectivity index (χ0v) is 12.3. The number of ether oxygens (including phenoxy) is 2. The summed E-state index contributed by atoms with van der Waals surface area (Å²) >= 11 is 11.9. The van der Waals surface area contributed by atoms with E-state index in [4.69, 9.17) is 32.7 Å². The van der Waals surface area contributed by atoms with Gasteiger partial charge in [0.2, 0.25) is 0 Å². The number of benzene rings is 1. The first-order valence-corrected chi connectivity index (χ1v) is 6.84. The molecule has 0 aliphatic heterocycles. The third-order valence-corrected chi connectivity index (χ3v) is 2.85. The fourth-order valence-corrected chi connectivity index (χ4v) is 1.90. The normalized spacial score (nSPS) is 10.3. The lowest BCUT2D eigenvalue weighted by Crippen LogP contribution is -2.24. The highest BCUT2D eigenvalue weighted by Gasteiger charge is 2.06. The largest absolute Gasteiger partial charge is 0.489 e. The van der Waals surface area contributed by atoms with Gasteiger partial charge in [0.05, 0.1) is 23.1 Å². The van der Waals surface area contributed by atoms with Crippen LogP contribution in [0, 0.1) is 0 Å². The Kier molecular flexibility index (Phi) is 7.63. The molecule has 6 heteroatoms. The molecule has 0 heterocycles.